The van der Waals surface area contributed by atoms with Gasteiger partial charge in [-0.1, -0.05) is 31.5 Å². The minimum atomic E-state index is 0.314. The molecule has 2 aromatic heterocycles. The molecule has 0 N–H and O–H groups in total. The molecule has 2 nitrogen and oxygen atoms in total. The van der Waals surface area contributed by atoms with E-state index in [1.807, 2.05) is 17.5 Å². The third-order valence-electron chi connectivity index (χ3n) is 2.12. The predicted molar refractivity (Wildman–Crippen MR) is 72.1 cm³/mol. The first-order chi connectivity index (χ1) is 7.59. The number of aromatic nitrogens is 2. The van der Waals surface area contributed by atoms with E-state index in [1.54, 1.807) is 11.3 Å². The van der Waals surface area contributed by atoms with E-state index >= 15 is 0 Å². The molecule has 0 atom stereocenters. The molecule has 0 saturated heterocycles. The molecule has 0 aliphatic carbocycles. The van der Waals surface area contributed by atoms with E-state index in [9.17, 15) is 0 Å². The van der Waals surface area contributed by atoms with Crippen molar-refractivity contribution in [2.75, 3.05) is 0 Å². The Morgan fingerprint density at radius 1 is 1.38 bits per heavy atom. The lowest BCUT2D eigenvalue weighted by Gasteiger charge is -2.09. The van der Waals surface area contributed by atoms with E-state index in [1.165, 1.54) is 0 Å². The van der Waals surface area contributed by atoms with Crippen LogP contribution in [0, 0.1) is 0 Å². The first-order valence-corrected chi connectivity index (χ1v) is 6.91. The number of nitrogens with zero attached hydrogens (tertiary/aromatic N) is 2. The second kappa shape index (κ2) is 4.82. The maximum Gasteiger partial charge on any atom is 0.171 e. The Balaban J connectivity index is 2.57. The third-order valence-corrected chi connectivity index (χ3v) is 4.27. The fourth-order valence-electron chi connectivity index (χ4n) is 1.33. The van der Waals surface area contributed by atoms with Gasteiger partial charge in [0, 0.05) is 0 Å². The van der Waals surface area contributed by atoms with E-state index in [-0.39, 0.29) is 0 Å². The van der Waals surface area contributed by atoms with Crippen LogP contribution in [0.4, 0.5) is 0 Å². The minimum Gasteiger partial charge on any atom is -0.231 e. The van der Waals surface area contributed by atoms with Crippen LogP contribution in [-0.2, 0) is 0 Å². The molecule has 16 heavy (non-hydrogen) atoms. The van der Waals surface area contributed by atoms with Gasteiger partial charge in [-0.15, -0.1) is 11.3 Å². The van der Waals surface area contributed by atoms with Gasteiger partial charge in [-0.2, -0.15) is 0 Å². The van der Waals surface area contributed by atoms with Gasteiger partial charge in [-0.3, -0.25) is 0 Å². The highest BCUT2D eigenvalue weighted by molar-refractivity contribution is 9.10. The summed E-state index contributed by atoms with van der Waals surface area (Å²) < 4.78 is 0.796. The second-order valence-corrected chi connectivity index (χ2v) is 5.77. The molecule has 2 heterocycles. The van der Waals surface area contributed by atoms with Crippen molar-refractivity contribution < 1.29 is 0 Å². The van der Waals surface area contributed by atoms with Crippen LogP contribution in [0.1, 0.15) is 25.5 Å². The molecule has 5 heteroatoms. The standard InChI is InChI=1S/C11H10BrClN2S/c1-6(2)9-8(12)10(13)15-11(14-9)7-4-3-5-16-7/h3-6H,1-2H3. The first kappa shape index (κ1) is 12.0. The van der Waals surface area contributed by atoms with Crippen molar-refractivity contribution in [3.8, 4) is 10.7 Å². The fourth-order valence-corrected chi connectivity index (χ4v) is 2.80. The molecule has 0 radical (unpaired) electrons. The van der Waals surface area contributed by atoms with Gasteiger partial charge in [0.1, 0.15) is 5.15 Å². The van der Waals surface area contributed by atoms with E-state index < -0.39 is 0 Å². The molecule has 0 bridgehead atoms. The average molecular weight is 318 g/mol. The highest BCUT2D eigenvalue weighted by Crippen LogP contribution is 2.32. The lowest BCUT2D eigenvalue weighted by Crippen LogP contribution is -1.99. The molecule has 0 spiro atoms. The number of halogens is 2. The molecule has 0 fully saturated rings. The maximum atomic E-state index is 6.09. The average Bonchev–Trinajstić information content (AvgIpc) is 2.74. The van der Waals surface area contributed by atoms with Gasteiger partial charge in [0.15, 0.2) is 5.82 Å². The number of rotatable bonds is 2. The zero-order valence-electron chi connectivity index (χ0n) is 8.87. The van der Waals surface area contributed by atoms with E-state index in [0.29, 0.717) is 16.9 Å². The van der Waals surface area contributed by atoms with Crippen LogP contribution in [0.3, 0.4) is 0 Å². The van der Waals surface area contributed by atoms with Crippen molar-refractivity contribution >= 4 is 38.9 Å². The van der Waals surface area contributed by atoms with Gasteiger partial charge < -0.3 is 0 Å². The van der Waals surface area contributed by atoms with Crippen LogP contribution in [0.15, 0.2) is 22.0 Å². The van der Waals surface area contributed by atoms with Crippen LogP contribution < -0.4 is 0 Å². The van der Waals surface area contributed by atoms with Crippen molar-refractivity contribution in [2.45, 2.75) is 19.8 Å². The van der Waals surface area contributed by atoms with Gasteiger partial charge in [-0.25, -0.2) is 9.97 Å². The van der Waals surface area contributed by atoms with E-state index in [2.05, 4.69) is 39.7 Å². The molecule has 0 aliphatic heterocycles. The van der Waals surface area contributed by atoms with E-state index in [4.69, 9.17) is 11.6 Å². The molecule has 0 unspecified atom stereocenters. The van der Waals surface area contributed by atoms with E-state index in [0.717, 1.165) is 15.0 Å². The highest BCUT2D eigenvalue weighted by atomic mass is 79.9. The summed E-state index contributed by atoms with van der Waals surface area (Å²) in [7, 11) is 0. The van der Waals surface area contributed by atoms with Gasteiger partial charge in [-0.05, 0) is 33.3 Å². The van der Waals surface area contributed by atoms with Crippen LogP contribution in [0.2, 0.25) is 5.15 Å². The largest absolute Gasteiger partial charge is 0.231 e. The number of hydrogen-bond acceptors (Lipinski definition) is 3. The molecular formula is C11H10BrClN2S. The zero-order chi connectivity index (χ0) is 11.7. The summed E-state index contributed by atoms with van der Waals surface area (Å²) in [5, 5.41) is 2.48. The molecule has 0 amide bonds. The van der Waals surface area contributed by atoms with Crippen molar-refractivity contribution in [1.29, 1.82) is 0 Å². The predicted octanol–water partition coefficient (Wildman–Crippen LogP) is 4.74. The van der Waals surface area contributed by atoms with Gasteiger partial charge in [0.05, 0.1) is 15.0 Å². The molecule has 2 rings (SSSR count). The Hall–Kier alpha value is -0.450. The van der Waals surface area contributed by atoms with Crippen LogP contribution in [-0.4, -0.2) is 9.97 Å². The lowest BCUT2D eigenvalue weighted by atomic mass is 10.1. The Morgan fingerprint density at radius 3 is 2.69 bits per heavy atom. The van der Waals surface area contributed by atoms with Gasteiger partial charge >= 0.3 is 0 Å². The second-order valence-electron chi connectivity index (χ2n) is 3.67. The first-order valence-electron chi connectivity index (χ1n) is 4.86. The van der Waals surface area contributed by atoms with Crippen molar-refractivity contribution in [2.24, 2.45) is 0 Å². The molecule has 2 aromatic rings. The molecule has 0 saturated carbocycles. The normalized spacial score (nSPS) is 11.1. The summed E-state index contributed by atoms with van der Waals surface area (Å²) >= 11 is 11.1. The summed E-state index contributed by atoms with van der Waals surface area (Å²) in [4.78, 5) is 9.86. The Morgan fingerprint density at radius 2 is 2.12 bits per heavy atom. The van der Waals surface area contributed by atoms with Crippen molar-refractivity contribution in [3.63, 3.8) is 0 Å². The zero-order valence-corrected chi connectivity index (χ0v) is 12.0. The summed E-state index contributed by atoms with van der Waals surface area (Å²) in [5.74, 6) is 1.01. The summed E-state index contributed by atoms with van der Waals surface area (Å²) in [5.41, 5.74) is 0.948. The molecule has 0 aliphatic rings. The Kier molecular flexibility index (Phi) is 3.62. The quantitative estimate of drug-likeness (QED) is 0.747. The number of hydrogen-bond donors (Lipinski definition) is 0. The minimum absolute atomic E-state index is 0.314. The van der Waals surface area contributed by atoms with Crippen molar-refractivity contribution in [1.82, 2.24) is 9.97 Å². The maximum absolute atomic E-state index is 6.09. The monoisotopic (exact) mass is 316 g/mol. The summed E-state index contributed by atoms with van der Waals surface area (Å²) in [6.07, 6.45) is 0. The topological polar surface area (TPSA) is 25.8 Å². The SMILES string of the molecule is CC(C)c1nc(-c2cccs2)nc(Cl)c1Br. The Labute approximate surface area is 112 Å². The Bertz CT molecular complexity index is 497. The molecule has 84 valence electrons. The van der Waals surface area contributed by atoms with Crippen LogP contribution in [0.5, 0.6) is 0 Å². The van der Waals surface area contributed by atoms with Crippen LogP contribution in [0.25, 0.3) is 10.7 Å². The summed E-state index contributed by atoms with van der Waals surface area (Å²) in [6.45, 7) is 4.17. The molecule has 0 aromatic carbocycles. The lowest BCUT2D eigenvalue weighted by molar-refractivity contribution is 0.810. The number of thiophene rings is 1. The van der Waals surface area contributed by atoms with Crippen molar-refractivity contribution in [3.05, 3.63) is 32.8 Å². The van der Waals surface area contributed by atoms with Gasteiger partial charge in [0.25, 0.3) is 0 Å². The highest BCUT2D eigenvalue weighted by Gasteiger charge is 2.14. The summed E-state index contributed by atoms with van der Waals surface area (Å²) in [6, 6.07) is 3.97. The molecular weight excluding hydrogens is 308 g/mol. The van der Waals surface area contributed by atoms with Gasteiger partial charge in [0.2, 0.25) is 0 Å². The fraction of sp³-hybridized carbons (Fsp3) is 0.273. The van der Waals surface area contributed by atoms with Crippen LogP contribution >= 0.6 is 38.9 Å². The third kappa shape index (κ3) is 2.29. The smallest absolute Gasteiger partial charge is 0.171 e.